The number of piperazine rings is 1. The van der Waals surface area contributed by atoms with E-state index in [9.17, 15) is 14.0 Å². The van der Waals surface area contributed by atoms with E-state index in [0.717, 1.165) is 11.3 Å². The predicted octanol–water partition coefficient (Wildman–Crippen LogP) is 1.63. The minimum atomic E-state index is -0.488. The molecule has 2 fully saturated rings. The Bertz CT molecular complexity index is 870. The zero-order valence-electron chi connectivity index (χ0n) is 16.6. The minimum absolute atomic E-state index is 0.0268. The number of halogens is 1. The van der Waals surface area contributed by atoms with Gasteiger partial charge in [-0.3, -0.25) is 9.59 Å². The average Bonchev–Trinajstić information content (AvgIpc) is 3.29. The van der Waals surface area contributed by atoms with Gasteiger partial charge in [0.1, 0.15) is 11.9 Å². The number of nitrogens with zero attached hydrogens (tertiary/aromatic N) is 2. The number of carbonyl (C=O) groups is 2. The second kappa shape index (κ2) is 9.23. The molecule has 7 nitrogen and oxygen atoms in total. The molecule has 0 aliphatic carbocycles. The fraction of sp³-hybridized carbons (Fsp3) is 0.364. The molecule has 4 rings (SSSR count). The summed E-state index contributed by atoms with van der Waals surface area (Å²) in [5.41, 5.74) is 8.08. The molecule has 0 bridgehead atoms. The second-order valence-electron chi connectivity index (χ2n) is 7.49. The number of hydrazine groups is 1. The highest BCUT2D eigenvalue weighted by Gasteiger charge is 2.32. The first kappa shape index (κ1) is 20.3. The van der Waals surface area contributed by atoms with E-state index >= 15 is 0 Å². The van der Waals surface area contributed by atoms with Crippen LogP contribution in [0.2, 0.25) is 0 Å². The van der Waals surface area contributed by atoms with Crippen molar-refractivity contribution in [3.63, 3.8) is 0 Å². The SMILES string of the molecule is O=C(OCC(=O)N1CCN(c2ccc(F)cc2)CC1)C1CC(c2ccccc2)NN1. The van der Waals surface area contributed by atoms with Crippen molar-refractivity contribution < 1.29 is 18.7 Å². The van der Waals surface area contributed by atoms with Gasteiger partial charge in [0.2, 0.25) is 0 Å². The molecule has 0 saturated carbocycles. The maximum Gasteiger partial charge on any atom is 0.325 e. The summed E-state index contributed by atoms with van der Waals surface area (Å²) in [4.78, 5) is 28.6. The van der Waals surface area contributed by atoms with Gasteiger partial charge in [-0.05, 0) is 36.2 Å². The number of esters is 1. The summed E-state index contributed by atoms with van der Waals surface area (Å²) in [6.07, 6.45) is 0.563. The van der Waals surface area contributed by atoms with Crippen LogP contribution in [0.25, 0.3) is 0 Å². The number of amides is 1. The van der Waals surface area contributed by atoms with E-state index in [0.29, 0.717) is 32.6 Å². The van der Waals surface area contributed by atoms with Crippen LogP contribution in [0.3, 0.4) is 0 Å². The van der Waals surface area contributed by atoms with Gasteiger partial charge in [-0.25, -0.2) is 15.2 Å². The Morgan fingerprint density at radius 3 is 2.37 bits per heavy atom. The van der Waals surface area contributed by atoms with Gasteiger partial charge in [-0.1, -0.05) is 30.3 Å². The quantitative estimate of drug-likeness (QED) is 0.728. The molecule has 158 valence electrons. The molecule has 2 saturated heterocycles. The summed E-state index contributed by atoms with van der Waals surface area (Å²) in [6, 6.07) is 15.7. The van der Waals surface area contributed by atoms with E-state index in [-0.39, 0.29) is 24.4 Å². The highest BCUT2D eigenvalue weighted by molar-refractivity contribution is 5.82. The number of carbonyl (C=O) groups excluding carboxylic acids is 2. The first-order valence-corrected chi connectivity index (χ1v) is 10.1. The van der Waals surface area contributed by atoms with Crippen LogP contribution >= 0.6 is 0 Å². The summed E-state index contributed by atoms with van der Waals surface area (Å²) < 4.78 is 18.3. The van der Waals surface area contributed by atoms with E-state index in [4.69, 9.17) is 4.74 Å². The van der Waals surface area contributed by atoms with Crippen molar-refractivity contribution in [2.24, 2.45) is 0 Å². The van der Waals surface area contributed by atoms with Crippen molar-refractivity contribution in [3.05, 3.63) is 66.0 Å². The lowest BCUT2D eigenvalue weighted by molar-refractivity contribution is -0.153. The Labute approximate surface area is 174 Å². The molecule has 30 heavy (non-hydrogen) atoms. The molecule has 2 aliphatic heterocycles. The van der Waals surface area contributed by atoms with Gasteiger partial charge in [0, 0.05) is 37.9 Å². The van der Waals surface area contributed by atoms with Crippen molar-refractivity contribution in [2.45, 2.75) is 18.5 Å². The largest absolute Gasteiger partial charge is 0.454 e. The van der Waals surface area contributed by atoms with E-state index in [1.807, 2.05) is 30.3 Å². The number of nitrogens with one attached hydrogen (secondary N) is 2. The fourth-order valence-corrected chi connectivity index (χ4v) is 3.81. The number of ether oxygens (including phenoxy) is 1. The summed E-state index contributed by atoms with van der Waals surface area (Å²) in [7, 11) is 0. The third-order valence-corrected chi connectivity index (χ3v) is 5.55. The molecule has 0 aromatic heterocycles. The van der Waals surface area contributed by atoms with Crippen LogP contribution in [-0.4, -0.2) is 55.6 Å². The fourth-order valence-electron chi connectivity index (χ4n) is 3.81. The third-order valence-electron chi connectivity index (χ3n) is 5.55. The summed E-state index contributed by atoms with van der Waals surface area (Å²) in [5, 5.41) is 0. The van der Waals surface area contributed by atoms with Gasteiger partial charge in [-0.15, -0.1) is 0 Å². The zero-order valence-corrected chi connectivity index (χ0v) is 16.6. The molecule has 2 aromatic carbocycles. The molecule has 2 atom stereocenters. The first-order chi connectivity index (χ1) is 14.6. The highest BCUT2D eigenvalue weighted by atomic mass is 19.1. The third kappa shape index (κ3) is 4.77. The first-order valence-electron chi connectivity index (χ1n) is 10.1. The van der Waals surface area contributed by atoms with Crippen molar-refractivity contribution in [2.75, 3.05) is 37.7 Å². The molecule has 0 spiro atoms. The van der Waals surface area contributed by atoms with Crippen molar-refractivity contribution in [1.82, 2.24) is 15.8 Å². The Morgan fingerprint density at radius 1 is 0.967 bits per heavy atom. The van der Waals surface area contributed by atoms with Gasteiger partial charge < -0.3 is 14.5 Å². The molecular formula is C22H25FN4O3. The van der Waals surface area contributed by atoms with Crippen LogP contribution in [-0.2, 0) is 14.3 Å². The summed E-state index contributed by atoms with van der Waals surface area (Å²) >= 11 is 0. The van der Waals surface area contributed by atoms with Gasteiger partial charge in [0.05, 0.1) is 0 Å². The van der Waals surface area contributed by atoms with Gasteiger partial charge in [0.15, 0.2) is 6.61 Å². The van der Waals surface area contributed by atoms with Crippen LogP contribution in [0, 0.1) is 5.82 Å². The minimum Gasteiger partial charge on any atom is -0.454 e. The topological polar surface area (TPSA) is 73.9 Å². The van der Waals surface area contributed by atoms with Crippen LogP contribution in [0.1, 0.15) is 18.0 Å². The maximum absolute atomic E-state index is 13.1. The van der Waals surface area contributed by atoms with Crippen LogP contribution in [0.15, 0.2) is 54.6 Å². The van der Waals surface area contributed by atoms with E-state index in [1.165, 1.54) is 12.1 Å². The molecule has 0 radical (unpaired) electrons. The molecule has 2 N–H and O–H groups in total. The van der Waals surface area contributed by atoms with E-state index < -0.39 is 12.0 Å². The van der Waals surface area contributed by atoms with Crippen LogP contribution < -0.4 is 15.8 Å². The summed E-state index contributed by atoms with van der Waals surface area (Å²) in [6.45, 7) is 2.11. The zero-order chi connectivity index (χ0) is 20.9. The Morgan fingerprint density at radius 2 is 1.67 bits per heavy atom. The van der Waals surface area contributed by atoms with Crippen molar-refractivity contribution >= 4 is 17.6 Å². The normalized spacial score (nSPS) is 21.5. The van der Waals surface area contributed by atoms with Gasteiger partial charge in [-0.2, -0.15) is 0 Å². The standard InChI is InChI=1S/C22H25FN4O3/c23-17-6-8-18(9-7-17)26-10-12-27(13-11-26)21(28)15-30-22(29)20-14-19(24-25-20)16-4-2-1-3-5-16/h1-9,19-20,24-25H,10-15H2. The van der Waals surface area contributed by atoms with Crippen LogP contribution in [0.4, 0.5) is 10.1 Å². The monoisotopic (exact) mass is 412 g/mol. The molecule has 2 aromatic rings. The van der Waals surface area contributed by atoms with E-state index in [2.05, 4.69) is 15.8 Å². The number of benzene rings is 2. The lowest BCUT2D eigenvalue weighted by Gasteiger charge is -2.36. The van der Waals surface area contributed by atoms with Crippen molar-refractivity contribution in [1.29, 1.82) is 0 Å². The van der Waals surface area contributed by atoms with Gasteiger partial charge in [0.25, 0.3) is 5.91 Å². The number of hydrogen-bond donors (Lipinski definition) is 2. The van der Waals surface area contributed by atoms with Crippen molar-refractivity contribution in [3.8, 4) is 0 Å². The van der Waals surface area contributed by atoms with Crippen LogP contribution in [0.5, 0.6) is 0 Å². The Kier molecular flexibility index (Phi) is 6.25. The Hall–Kier alpha value is -2.97. The number of anilines is 1. The Balaban J connectivity index is 1.20. The smallest absolute Gasteiger partial charge is 0.325 e. The predicted molar refractivity (Wildman–Crippen MR) is 110 cm³/mol. The van der Waals surface area contributed by atoms with Gasteiger partial charge >= 0.3 is 5.97 Å². The molecular weight excluding hydrogens is 387 g/mol. The highest BCUT2D eigenvalue weighted by Crippen LogP contribution is 2.22. The molecule has 1 amide bonds. The molecule has 2 aliphatic rings. The lowest BCUT2D eigenvalue weighted by Crippen LogP contribution is -2.50. The molecule has 2 unspecified atom stereocenters. The lowest BCUT2D eigenvalue weighted by atomic mass is 10.0. The number of rotatable bonds is 5. The average molecular weight is 412 g/mol. The summed E-state index contributed by atoms with van der Waals surface area (Å²) in [5.74, 6) is -0.900. The second-order valence-corrected chi connectivity index (χ2v) is 7.49. The van der Waals surface area contributed by atoms with E-state index in [1.54, 1.807) is 17.0 Å². The molecule has 8 heteroatoms. The molecule has 2 heterocycles. The maximum atomic E-state index is 13.1. The number of hydrogen-bond acceptors (Lipinski definition) is 6.